The highest BCUT2D eigenvalue weighted by Gasteiger charge is 2.25. The first-order valence-corrected chi connectivity index (χ1v) is 11.7. The molecule has 0 unspecified atom stereocenters. The molecule has 4 rings (SSSR count). The van der Waals surface area contributed by atoms with Crippen LogP contribution in [-0.2, 0) is 4.74 Å². The van der Waals surface area contributed by atoms with E-state index in [0.29, 0.717) is 17.2 Å². The number of nitrogens with one attached hydrogen (secondary N) is 2. The first kappa shape index (κ1) is 24.6. The maximum absolute atomic E-state index is 14.2. The van der Waals surface area contributed by atoms with E-state index in [0.717, 1.165) is 37.9 Å². The number of alkyl carbamates (subject to hydrolysis) is 1. The fourth-order valence-corrected chi connectivity index (χ4v) is 4.20. The molecule has 0 bridgehead atoms. The summed E-state index contributed by atoms with van der Waals surface area (Å²) in [5.74, 6) is -0.968. The van der Waals surface area contributed by atoms with Crippen molar-refractivity contribution in [2.24, 2.45) is 5.92 Å². The third kappa shape index (κ3) is 6.32. The maximum atomic E-state index is 14.2. The molecule has 0 spiro atoms. The van der Waals surface area contributed by atoms with E-state index in [1.807, 2.05) is 20.8 Å². The SMILES string of the molecule is CC(C)(C)OC(=O)N[C@H]1CC[C@@H](CNc2cncnc2-c2cnn(-c3c(F)cccc3F)c2)CC1. The highest BCUT2D eigenvalue weighted by molar-refractivity contribution is 5.72. The summed E-state index contributed by atoms with van der Waals surface area (Å²) in [4.78, 5) is 20.5. The van der Waals surface area contributed by atoms with Crippen LogP contribution < -0.4 is 10.6 Å². The van der Waals surface area contributed by atoms with E-state index >= 15 is 0 Å². The Hall–Kier alpha value is -3.56. The van der Waals surface area contributed by atoms with Crippen LogP contribution >= 0.6 is 0 Å². The second-order valence-corrected chi connectivity index (χ2v) is 9.77. The lowest BCUT2D eigenvalue weighted by Crippen LogP contribution is -2.41. The third-order valence-corrected chi connectivity index (χ3v) is 5.88. The first-order valence-electron chi connectivity index (χ1n) is 11.7. The highest BCUT2D eigenvalue weighted by Crippen LogP contribution is 2.29. The number of amides is 1. The van der Waals surface area contributed by atoms with Gasteiger partial charge in [-0.2, -0.15) is 5.10 Å². The molecule has 1 amide bonds. The molecule has 1 aliphatic carbocycles. The minimum absolute atomic E-state index is 0.112. The minimum atomic E-state index is -0.697. The van der Waals surface area contributed by atoms with Gasteiger partial charge in [0.25, 0.3) is 0 Å². The van der Waals surface area contributed by atoms with Gasteiger partial charge in [0.05, 0.1) is 23.8 Å². The maximum Gasteiger partial charge on any atom is 0.407 e. The van der Waals surface area contributed by atoms with Gasteiger partial charge in [-0.3, -0.25) is 0 Å². The van der Waals surface area contributed by atoms with Gasteiger partial charge in [0, 0.05) is 24.3 Å². The average Bonchev–Trinajstić information content (AvgIpc) is 3.27. The summed E-state index contributed by atoms with van der Waals surface area (Å²) in [7, 11) is 0. The zero-order valence-electron chi connectivity index (χ0n) is 20.1. The van der Waals surface area contributed by atoms with Crippen LogP contribution in [0.4, 0.5) is 19.3 Å². The summed E-state index contributed by atoms with van der Waals surface area (Å²) < 4.78 is 34.8. The summed E-state index contributed by atoms with van der Waals surface area (Å²) in [6.07, 6.45) is 9.47. The minimum Gasteiger partial charge on any atom is -0.444 e. The lowest BCUT2D eigenvalue weighted by atomic mass is 9.86. The van der Waals surface area contributed by atoms with E-state index in [-0.39, 0.29) is 17.8 Å². The lowest BCUT2D eigenvalue weighted by Gasteiger charge is -2.30. The van der Waals surface area contributed by atoms with Crippen molar-refractivity contribution >= 4 is 11.8 Å². The van der Waals surface area contributed by atoms with Crippen molar-refractivity contribution in [3.63, 3.8) is 0 Å². The second-order valence-electron chi connectivity index (χ2n) is 9.77. The van der Waals surface area contributed by atoms with Crippen LogP contribution in [0.1, 0.15) is 46.5 Å². The smallest absolute Gasteiger partial charge is 0.407 e. The van der Waals surface area contributed by atoms with Gasteiger partial charge in [0.15, 0.2) is 11.6 Å². The van der Waals surface area contributed by atoms with E-state index in [1.54, 1.807) is 12.4 Å². The van der Waals surface area contributed by atoms with Gasteiger partial charge in [-0.1, -0.05) is 6.07 Å². The van der Waals surface area contributed by atoms with E-state index in [2.05, 4.69) is 25.7 Å². The largest absolute Gasteiger partial charge is 0.444 e. The second kappa shape index (κ2) is 10.4. The summed E-state index contributed by atoms with van der Waals surface area (Å²) in [6.45, 7) is 6.26. The van der Waals surface area contributed by atoms with Gasteiger partial charge in [-0.25, -0.2) is 28.2 Å². The van der Waals surface area contributed by atoms with Crippen molar-refractivity contribution in [3.05, 3.63) is 54.8 Å². The predicted molar refractivity (Wildman–Crippen MR) is 128 cm³/mol. The average molecular weight is 485 g/mol. The molecule has 2 N–H and O–H groups in total. The van der Waals surface area contributed by atoms with Crippen LogP contribution in [0.5, 0.6) is 0 Å². The number of halogens is 2. The summed E-state index contributed by atoms with van der Waals surface area (Å²) in [5, 5.41) is 10.5. The molecule has 2 heterocycles. The number of benzene rings is 1. The van der Waals surface area contributed by atoms with Crippen molar-refractivity contribution in [2.45, 2.75) is 58.1 Å². The Kier molecular flexibility index (Phi) is 7.28. The summed E-state index contributed by atoms with van der Waals surface area (Å²) in [6, 6.07) is 3.80. The van der Waals surface area contributed by atoms with E-state index in [9.17, 15) is 13.6 Å². The molecular formula is C25H30F2N6O2. The van der Waals surface area contributed by atoms with E-state index in [1.165, 1.54) is 35.4 Å². The Labute approximate surface area is 203 Å². The predicted octanol–water partition coefficient (Wildman–Crippen LogP) is 5.10. The number of carbonyl (C=O) groups is 1. The molecule has 0 radical (unpaired) electrons. The monoisotopic (exact) mass is 484 g/mol. The van der Waals surface area contributed by atoms with Crippen LogP contribution in [0.15, 0.2) is 43.1 Å². The number of hydrogen-bond acceptors (Lipinski definition) is 6. The van der Waals surface area contributed by atoms with Crippen LogP contribution in [0.3, 0.4) is 0 Å². The Morgan fingerprint density at radius 3 is 2.54 bits per heavy atom. The molecule has 0 aliphatic heterocycles. The van der Waals surface area contributed by atoms with Gasteiger partial charge in [-0.15, -0.1) is 0 Å². The molecule has 186 valence electrons. The number of ether oxygens (including phenoxy) is 1. The molecule has 8 nitrogen and oxygen atoms in total. The van der Waals surface area contributed by atoms with Gasteiger partial charge in [0.2, 0.25) is 0 Å². The molecule has 0 atom stereocenters. The molecule has 35 heavy (non-hydrogen) atoms. The van der Waals surface area contributed by atoms with Crippen LogP contribution in [0.25, 0.3) is 16.9 Å². The fourth-order valence-electron chi connectivity index (χ4n) is 4.20. The third-order valence-electron chi connectivity index (χ3n) is 5.88. The van der Waals surface area contributed by atoms with Crippen LogP contribution in [-0.4, -0.2) is 44.0 Å². The molecule has 3 aromatic rings. The van der Waals surface area contributed by atoms with Crippen LogP contribution in [0.2, 0.25) is 0 Å². The number of carbonyl (C=O) groups excluding carboxylic acids is 1. The quantitative estimate of drug-likeness (QED) is 0.505. The molecule has 2 aromatic heterocycles. The summed E-state index contributed by atoms with van der Waals surface area (Å²) in [5.41, 5.74) is 1.18. The fraction of sp³-hybridized carbons (Fsp3) is 0.440. The van der Waals surface area contributed by atoms with Crippen molar-refractivity contribution < 1.29 is 18.3 Å². The van der Waals surface area contributed by atoms with Crippen molar-refractivity contribution in [1.29, 1.82) is 0 Å². The van der Waals surface area contributed by atoms with Crippen LogP contribution in [0, 0.1) is 17.6 Å². The number of para-hydroxylation sites is 1. The molecule has 1 fully saturated rings. The number of nitrogens with zero attached hydrogens (tertiary/aromatic N) is 4. The van der Waals surface area contributed by atoms with Gasteiger partial charge < -0.3 is 15.4 Å². The van der Waals surface area contributed by atoms with Gasteiger partial charge in [0.1, 0.15) is 17.6 Å². The van der Waals surface area contributed by atoms with Crippen molar-refractivity contribution in [3.8, 4) is 16.9 Å². The Bertz CT molecular complexity index is 1150. The molecule has 0 saturated heterocycles. The number of aromatic nitrogens is 4. The Morgan fingerprint density at radius 2 is 1.86 bits per heavy atom. The Balaban J connectivity index is 1.36. The standard InChI is InChI=1S/C25H30F2N6O2/c1-25(2,3)35-24(34)32-18-9-7-16(8-10-18)11-29-21-13-28-15-30-22(21)17-12-31-33(14-17)23-19(26)5-4-6-20(23)27/h4-6,12-16,18,29H,7-11H2,1-3H3,(H,32,34)/t16-,18+. The number of hydrogen-bond donors (Lipinski definition) is 2. The van der Waals surface area contributed by atoms with E-state index in [4.69, 9.17) is 4.74 Å². The molecule has 10 heteroatoms. The zero-order chi connectivity index (χ0) is 25.0. The van der Waals surface area contributed by atoms with Crippen molar-refractivity contribution in [2.75, 3.05) is 11.9 Å². The molecule has 1 saturated carbocycles. The lowest BCUT2D eigenvalue weighted by molar-refractivity contribution is 0.0488. The topological polar surface area (TPSA) is 94.0 Å². The molecular weight excluding hydrogens is 454 g/mol. The number of anilines is 1. The van der Waals surface area contributed by atoms with Gasteiger partial charge >= 0.3 is 6.09 Å². The zero-order valence-corrected chi connectivity index (χ0v) is 20.1. The molecule has 1 aliphatic rings. The first-order chi connectivity index (χ1) is 16.7. The number of rotatable bonds is 6. The summed E-state index contributed by atoms with van der Waals surface area (Å²) >= 11 is 0. The Morgan fingerprint density at radius 1 is 1.14 bits per heavy atom. The highest BCUT2D eigenvalue weighted by atomic mass is 19.1. The molecule has 1 aromatic carbocycles. The van der Waals surface area contributed by atoms with E-state index < -0.39 is 17.2 Å². The van der Waals surface area contributed by atoms with Crippen molar-refractivity contribution in [1.82, 2.24) is 25.1 Å². The normalized spacial score (nSPS) is 18.2. The van der Waals surface area contributed by atoms with Gasteiger partial charge in [-0.05, 0) is 64.5 Å².